The molecule has 0 amide bonds. The summed E-state index contributed by atoms with van der Waals surface area (Å²) in [6, 6.07) is 3.28. The van der Waals surface area contributed by atoms with Crippen molar-refractivity contribution in [1.82, 2.24) is 4.98 Å². The van der Waals surface area contributed by atoms with E-state index in [0.717, 1.165) is 0 Å². The van der Waals surface area contributed by atoms with Gasteiger partial charge in [0.1, 0.15) is 5.82 Å². The van der Waals surface area contributed by atoms with Gasteiger partial charge in [-0.3, -0.25) is 0 Å². The lowest BCUT2D eigenvalue weighted by Gasteiger charge is -2.20. The van der Waals surface area contributed by atoms with E-state index in [2.05, 4.69) is 4.98 Å². The van der Waals surface area contributed by atoms with Crippen molar-refractivity contribution in [3.05, 3.63) is 23.4 Å². The predicted molar refractivity (Wildman–Crippen MR) is 63.3 cm³/mol. The summed E-state index contributed by atoms with van der Waals surface area (Å²) in [6.07, 6.45) is 0. The van der Waals surface area contributed by atoms with Crippen LogP contribution < -0.4 is 5.73 Å². The van der Waals surface area contributed by atoms with E-state index in [-0.39, 0.29) is 11.4 Å². The molecule has 0 aliphatic rings. The smallest absolute Gasteiger partial charge is 0.340 e. The molecule has 0 unspecified atom stereocenters. The van der Waals surface area contributed by atoms with Crippen LogP contribution in [0.3, 0.4) is 0 Å². The van der Waals surface area contributed by atoms with Crippen LogP contribution in [0.1, 0.15) is 43.7 Å². The molecule has 0 fully saturated rings. The van der Waals surface area contributed by atoms with Crippen molar-refractivity contribution >= 4 is 11.8 Å². The maximum atomic E-state index is 11.7. The van der Waals surface area contributed by atoms with Crippen LogP contribution in [0.15, 0.2) is 12.1 Å². The second-order valence-electron chi connectivity index (χ2n) is 4.60. The van der Waals surface area contributed by atoms with E-state index in [0.29, 0.717) is 23.7 Å². The molecule has 0 aromatic carbocycles. The summed E-state index contributed by atoms with van der Waals surface area (Å²) in [5.74, 6) is 0.0675. The summed E-state index contributed by atoms with van der Waals surface area (Å²) < 4.78 is 4.98. The van der Waals surface area contributed by atoms with Gasteiger partial charge in [-0.1, -0.05) is 20.8 Å². The predicted octanol–water partition coefficient (Wildman–Crippen LogP) is 2.14. The molecule has 0 atom stereocenters. The van der Waals surface area contributed by atoms with E-state index in [4.69, 9.17) is 10.5 Å². The zero-order valence-corrected chi connectivity index (χ0v) is 10.2. The van der Waals surface area contributed by atoms with Crippen molar-refractivity contribution in [1.29, 1.82) is 0 Å². The third-order valence-corrected chi connectivity index (χ3v) is 2.12. The fourth-order valence-electron chi connectivity index (χ4n) is 1.42. The number of aromatic nitrogens is 1. The number of hydrogen-bond acceptors (Lipinski definition) is 4. The minimum atomic E-state index is -0.347. The Bertz CT molecular complexity index is 394. The molecule has 88 valence electrons. The minimum absolute atomic E-state index is 0.239. The van der Waals surface area contributed by atoms with Gasteiger partial charge in [0.15, 0.2) is 0 Å². The van der Waals surface area contributed by atoms with Crippen molar-refractivity contribution in [2.75, 3.05) is 12.3 Å². The van der Waals surface area contributed by atoms with Crippen LogP contribution in [-0.4, -0.2) is 17.6 Å². The van der Waals surface area contributed by atoms with E-state index in [1.54, 1.807) is 19.1 Å². The number of hydrogen-bond donors (Lipinski definition) is 1. The zero-order valence-electron chi connectivity index (χ0n) is 10.2. The number of carbonyl (C=O) groups excluding carboxylic acids is 1. The first-order chi connectivity index (χ1) is 7.36. The number of carbonyl (C=O) groups is 1. The first-order valence-corrected chi connectivity index (χ1v) is 5.30. The Hall–Kier alpha value is -1.58. The summed E-state index contributed by atoms with van der Waals surface area (Å²) in [5.41, 5.74) is 6.56. The highest BCUT2D eigenvalue weighted by Crippen LogP contribution is 2.25. The summed E-state index contributed by atoms with van der Waals surface area (Å²) in [6.45, 7) is 8.08. The molecular weight excluding hydrogens is 204 g/mol. The number of esters is 1. The quantitative estimate of drug-likeness (QED) is 0.778. The van der Waals surface area contributed by atoms with Gasteiger partial charge in [-0.25, -0.2) is 9.78 Å². The van der Waals surface area contributed by atoms with Crippen molar-refractivity contribution in [3.63, 3.8) is 0 Å². The fourth-order valence-corrected chi connectivity index (χ4v) is 1.42. The molecular formula is C12H18N2O2. The van der Waals surface area contributed by atoms with Gasteiger partial charge in [-0.2, -0.15) is 0 Å². The van der Waals surface area contributed by atoms with Gasteiger partial charge in [0.05, 0.1) is 17.9 Å². The molecule has 1 rings (SSSR count). The summed E-state index contributed by atoms with van der Waals surface area (Å²) in [7, 11) is 0. The first-order valence-electron chi connectivity index (χ1n) is 5.30. The molecule has 0 spiro atoms. The monoisotopic (exact) mass is 222 g/mol. The van der Waals surface area contributed by atoms with Crippen LogP contribution >= 0.6 is 0 Å². The lowest BCUT2D eigenvalue weighted by molar-refractivity contribution is 0.0523. The Balaban J connectivity index is 3.23. The van der Waals surface area contributed by atoms with Crippen LogP contribution in [-0.2, 0) is 10.2 Å². The summed E-state index contributed by atoms with van der Waals surface area (Å²) in [4.78, 5) is 15.9. The lowest BCUT2D eigenvalue weighted by atomic mass is 9.88. The maximum absolute atomic E-state index is 11.7. The number of pyridine rings is 1. The second-order valence-corrected chi connectivity index (χ2v) is 4.60. The molecule has 0 radical (unpaired) electrons. The van der Waals surface area contributed by atoms with E-state index in [9.17, 15) is 4.79 Å². The van der Waals surface area contributed by atoms with E-state index < -0.39 is 0 Å². The Morgan fingerprint density at radius 1 is 1.44 bits per heavy atom. The van der Waals surface area contributed by atoms with E-state index >= 15 is 0 Å². The van der Waals surface area contributed by atoms with Gasteiger partial charge >= 0.3 is 5.97 Å². The molecule has 4 nitrogen and oxygen atoms in total. The Morgan fingerprint density at radius 3 is 2.56 bits per heavy atom. The van der Waals surface area contributed by atoms with E-state index in [1.165, 1.54) is 0 Å². The Kier molecular flexibility index (Phi) is 3.52. The molecule has 0 aliphatic carbocycles. The molecule has 1 heterocycles. The average Bonchev–Trinajstić information content (AvgIpc) is 2.16. The molecule has 0 aliphatic heterocycles. The summed E-state index contributed by atoms with van der Waals surface area (Å²) in [5, 5.41) is 0. The third-order valence-electron chi connectivity index (χ3n) is 2.12. The summed E-state index contributed by atoms with van der Waals surface area (Å²) >= 11 is 0. The van der Waals surface area contributed by atoms with Gasteiger partial charge in [0.25, 0.3) is 0 Å². The fraction of sp³-hybridized carbons (Fsp3) is 0.500. The Morgan fingerprint density at radius 2 is 2.06 bits per heavy atom. The van der Waals surface area contributed by atoms with Crippen LogP contribution in [0, 0.1) is 0 Å². The van der Waals surface area contributed by atoms with Gasteiger partial charge in [0.2, 0.25) is 0 Å². The van der Waals surface area contributed by atoms with Crippen molar-refractivity contribution in [2.24, 2.45) is 0 Å². The van der Waals surface area contributed by atoms with Gasteiger partial charge in [0, 0.05) is 5.41 Å². The highest BCUT2D eigenvalue weighted by molar-refractivity contribution is 5.91. The zero-order chi connectivity index (χ0) is 12.3. The van der Waals surface area contributed by atoms with Gasteiger partial charge in [-0.15, -0.1) is 0 Å². The molecule has 2 N–H and O–H groups in total. The Labute approximate surface area is 95.8 Å². The normalized spacial score (nSPS) is 11.2. The van der Waals surface area contributed by atoms with Crippen molar-refractivity contribution in [3.8, 4) is 0 Å². The second kappa shape index (κ2) is 4.51. The van der Waals surface area contributed by atoms with Gasteiger partial charge in [-0.05, 0) is 19.1 Å². The number of anilines is 1. The topological polar surface area (TPSA) is 65.2 Å². The maximum Gasteiger partial charge on any atom is 0.340 e. The van der Waals surface area contributed by atoms with E-state index in [1.807, 2.05) is 20.8 Å². The van der Waals surface area contributed by atoms with Crippen molar-refractivity contribution in [2.45, 2.75) is 33.1 Å². The average molecular weight is 222 g/mol. The number of ether oxygens (including phenoxy) is 1. The van der Waals surface area contributed by atoms with Crippen LogP contribution in [0.4, 0.5) is 5.82 Å². The molecule has 4 heteroatoms. The number of rotatable bonds is 2. The molecule has 1 aromatic rings. The number of nitrogen functional groups attached to an aromatic ring is 1. The highest BCUT2D eigenvalue weighted by atomic mass is 16.5. The molecule has 1 aromatic heterocycles. The lowest BCUT2D eigenvalue weighted by Crippen LogP contribution is -2.21. The molecule has 16 heavy (non-hydrogen) atoms. The van der Waals surface area contributed by atoms with Crippen LogP contribution in [0.2, 0.25) is 0 Å². The molecule has 0 saturated carbocycles. The number of nitrogens with two attached hydrogens (primary N) is 1. The van der Waals surface area contributed by atoms with Crippen LogP contribution in [0.25, 0.3) is 0 Å². The number of nitrogens with zero attached hydrogens (tertiary/aromatic N) is 1. The minimum Gasteiger partial charge on any atom is -0.462 e. The van der Waals surface area contributed by atoms with Gasteiger partial charge < -0.3 is 10.5 Å². The molecule has 0 saturated heterocycles. The standard InChI is InChI=1S/C12H18N2O2/c1-5-16-11(15)8-6-7-9(13)14-10(8)12(2,3)4/h6-7H,5H2,1-4H3,(H2,13,14). The highest BCUT2D eigenvalue weighted by Gasteiger charge is 2.24. The largest absolute Gasteiger partial charge is 0.462 e. The SMILES string of the molecule is CCOC(=O)c1ccc(N)nc1C(C)(C)C. The third kappa shape index (κ3) is 2.72. The first kappa shape index (κ1) is 12.5. The van der Waals surface area contributed by atoms with Crippen LogP contribution in [0.5, 0.6) is 0 Å². The van der Waals surface area contributed by atoms with Crippen molar-refractivity contribution < 1.29 is 9.53 Å². The molecule has 0 bridgehead atoms.